The molecule has 0 saturated heterocycles. The number of carbonyl (C=O) groups is 1. The lowest BCUT2D eigenvalue weighted by atomic mass is 9.83. The van der Waals surface area contributed by atoms with Crippen LogP contribution >= 0.6 is 0 Å². The maximum absolute atomic E-state index is 12.8. The van der Waals surface area contributed by atoms with Crippen LogP contribution in [0.3, 0.4) is 0 Å². The van der Waals surface area contributed by atoms with E-state index in [1.54, 1.807) is 0 Å². The first-order valence-corrected chi connectivity index (χ1v) is 7.66. The summed E-state index contributed by atoms with van der Waals surface area (Å²) in [6, 6.07) is 0.366. The van der Waals surface area contributed by atoms with E-state index in [2.05, 4.69) is 32.8 Å². The molecule has 2 aliphatic rings. The average Bonchev–Trinajstić information content (AvgIpc) is 2.88. The van der Waals surface area contributed by atoms with Gasteiger partial charge in [-0.1, -0.05) is 0 Å². The number of amides is 1. The summed E-state index contributed by atoms with van der Waals surface area (Å²) in [4.78, 5) is 17.0. The van der Waals surface area contributed by atoms with Crippen LogP contribution in [0.1, 0.15) is 33.1 Å². The van der Waals surface area contributed by atoms with Crippen molar-refractivity contribution in [3.8, 4) is 0 Å². The van der Waals surface area contributed by atoms with Crippen LogP contribution in [0, 0.1) is 17.8 Å². The van der Waals surface area contributed by atoms with Crippen molar-refractivity contribution in [1.29, 1.82) is 0 Å². The van der Waals surface area contributed by atoms with E-state index in [1.807, 2.05) is 4.90 Å². The predicted molar refractivity (Wildman–Crippen MR) is 77.7 cm³/mol. The highest BCUT2D eigenvalue weighted by Gasteiger charge is 2.50. The van der Waals surface area contributed by atoms with E-state index in [4.69, 9.17) is 5.73 Å². The minimum Gasteiger partial charge on any atom is -0.339 e. The third-order valence-electron chi connectivity index (χ3n) is 5.05. The molecule has 0 aliphatic heterocycles. The summed E-state index contributed by atoms with van der Waals surface area (Å²) in [6.45, 7) is 5.91. The largest absolute Gasteiger partial charge is 0.339 e. The number of hydrogen-bond acceptors (Lipinski definition) is 3. The third-order valence-corrected chi connectivity index (χ3v) is 5.05. The lowest BCUT2D eigenvalue weighted by Gasteiger charge is -2.36. The monoisotopic (exact) mass is 267 g/mol. The number of nitrogens with zero attached hydrogens (tertiary/aromatic N) is 2. The molecular formula is C15H29N3O. The van der Waals surface area contributed by atoms with E-state index in [-0.39, 0.29) is 18.0 Å². The minimum absolute atomic E-state index is 0.0864. The Morgan fingerprint density at radius 3 is 2.42 bits per heavy atom. The number of rotatable bonds is 5. The molecule has 2 aliphatic carbocycles. The van der Waals surface area contributed by atoms with Crippen LogP contribution in [0.5, 0.6) is 0 Å². The van der Waals surface area contributed by atoms with Crippen LogP contribution in [0.4, 0.5) is 0 Å². The molecule has 4 heteroatoms. The molecule has 2 saturated carbocycles. The molecule has 0 radical (unpaired) electrons. The van der Waals surface area contributed by atoms with Crippen LogP contribution < -0.4 is 5.73 Å². The molecule has 110 valence electrons. The molecule has 0 aromatic rings. The second-order valence-electron chi connectivity index (χ2n) is 6.67. The first-order valence-electron chi connectivity index (χ1n) is 7.66. The van der Waals surface area contributed by atoms with Gasteiger partial charge in [0.05, 0.1) is 5.92 Å². The Balaban J connectivity index is 2.04. The fraction of sp³-hybridized carbons (Fsp3) is 0.933. The van der Waals surface area contributed by atoms with Crippen LogP contribution in [0.15, 0.2) is 0 Å². The molecule has 5 unspecified atom stereocenters. The van der Waals surface area contributed by atoms with Gasteiger partial charge in [0, 0.05) is 25.2 Å². The number of carbonyl (C=O) groups excluding carboxylic acids is 1. The molecule has 0 spiro atoms. The topological polar surface area (TPSA) is 49.6 Å². The molecule has 0 aromatic heterocycles. The smallest absolute Gasteiger partial charge is 0.227 e. The Hall–Kier alpha value is -0.610. The van der Waals surface area contributed by atoms with E-state index >= 15 is 0 Å². The van der Waals surface area contributed by atoms with Crippen molar-refractivity contribution in [1.82, 2.24) is 9.80 Å². The summed E-state index contributed by atoms with van der Waals surface area (Å²) < 4.78 is 0. The van der Waals surface area contributed by atoms with E-state index in [0.717, 1.165) is 13.1 Å². The van der Waals surface area contributed by atoms with E-state index in [1.165, 1.54) is 19.3 Å². The highest BCUT2D eigenvalue weighted by molar-refractivity contribution is 5.81. The molecule has 2 rings (SSSR count). The van der Waals surface area contributed by atoms with E-state index in [0.29, 0.717) is 17.7 Å². The normalized spacial score (nSPS) is 34.8. The molecule has 4 nitrogen and oxygen atoms in total. The van der Waals surface area contributed by atoms with Crippen molar-refractivity contribution in [3.63, 3.8) is 0 Å². The zero-order valence-electron chi connectivity index (χ0n) is 12.8. The fourth-order valence-electron chi connectivity index (χ4n) is 4.21. The van der Waals surface area contributed by atoms with Gasteiger partial charge in [-0.05, 0) is 59.0 Å². The molecule has 2 fully saturated rings. The van der Waals surface area contributed by atoms with Crippen LogP contribution in [0.25, 0.3) is 0 Å². The third kappa shape index (κ3) is 2.79. The molecule has 1 amide bonds. The van der Waals surface area contributed by atoms with Crippen molar-refractivity contribution in [2.24, 2.45) is 23.5 Å². The van der Waals surface area contributed by atoms with Gasteiger partial charge >= 0.3 is 0 Å². The SMILES string of the molecule is CCN(C(=O)C1C2CCC(C2)C1N)C(C)CN(C)C. The van der Waals surface area contributed by atoms with Crippen molar-refractivity contribution < 1.29 is 4.79 Å². The van der Waals surface area contributed by atoms with Crippen molar-refractivity contribution >= 4 is 5.91 Å². The quantitative estimate of drug-likeness (QED) is 0.813. The lowest BCUT2D eigenvalue weighted by molar-refractivity contribution is -0.139. The van der Waals surface area contributed by atoms with Gasteiger partial charge in [-0.15, -0.1) is 0 Å². The summed E-state index contributed by atoms with van der Waals surface area (Å²) in [7, 11) is 4.11. The molecule has 5 atom stereocenters. The Bertz CT molecular complexity index is 329. The Morgan fingerprint density at radius 2 is 1.95 bits per heavy atom. The maximum atomic E-state index is 12.8. The minimum atomic E-state index is 0.0864. The molecule has 2 N–H and O–H groups in total. The van der Waals surface area contributed by atoms with Gasteiger partial charge in [0.1, 0.15) is 0 Å². The Morgan fingerprint density at radius 1 is 1.32 bits per heavy atom. The summed E-state index contributed by atoms with van der Waals surface area (Å²) in [5.41, 5.74) is 6.30. The molecular weight excluding hydrogens is 238 g/mol. The van der Waals surface area contributed by atoms with Gasteiger partial charge in [0.25, 0.3) is 0 Å². The highest BCUT2D eigenvalue weighted by Crippen LogP contribution is 2.48. The van der Waals surface area contributed by atoms with Gasteiger partial charge in [-0.3, -0.25) is 4.79 Å². The molecule has 2 bridgehead atoms. The number of likely N-dealkylation sites (N-methyl/N-ethyl adjacent to an activating group) is 2. The van der Waals surface area contributed by atoms with Gasteiger partial charge in [0.15, 0.2) is 0 Å². The van der Waals surface area contributed by atoms with Gasteiger partial charge in [-0.2, -0.15) is 0 Å². The standard InChI is InChI=1S/C15H29N3O/c1-5-18(10(2)9-17(3)4)15(19)13-11-6-7-12(8-11)14(13)16/h10-14H,5-9,16H2,1-4H3. The van der Waals surface area contributed by atoms with Crippen molar-refractivity contribution in [2.75, 3.05) is 27.2 Å². The molecule has 19 heavy (non-hydrogen) atoms. The number of hydrogen-bond donors (Lipinski definition) is 1. The van der Waals surface area contributed by atoms with E-state index in [9.17, 15) is 4.79 Å². The van der Waals surface area contributed by atoms with Crippen LogP contribution in [-0.2, 0) is 4.79 Å². The first kappa shape index (κ1) is 14.8. The van der Waals surface area contributed by atoms with E-state index < -0.39 is 0 Å². The predicted octanol–water partition coefficient (Wildman–Crippen LogP) is 1.16. The summed E-state index contributed by atoms with van der Waals surface area (Å²) in [6.07, 6.45) is 3.61. The number of fused-ring (bicyclic) bond motifs is 2. The summed E-state index contributed by atoms with van der Waals surface area (Å²) in [5, 5.41) is 0. The van der Waals surface area contributed by atoms with Gasteiger partial charge in [0.2, 0.25) is 5.91 Å². The second-order valence-corrected chi connectivity index (χ2v) is 6.67. The molecule has 0 aromatic carbocycles. The Kier molecular flexibility index (Phi) is 4.51. The summed E-state index contributed by atoms with van der Waals surface area (Å²) >= 11 is 0. The Labute approximate surface area is 117 Å². The van der Waals surface area contributed by atoms with Crippen LogP contribution in [-0.4, -0.2) is 55.0 Å². The zero-order chi connectivity index (χ0) is 14.2. The molecule has 0 heterocycles. The zero-order valence-corrected chi connectivity index (χ0v) is 12.8. The highest BCUT2D eigenvalue weighted by atomic mass is 16.2. The second kappa shape index (κ2) is 5.80. The average molecular weight is 267 g/mol. The van der Waals surface area contributed by atoms with Crippen molar-refractivity contribution in [2.45, 2.75) is 45.2 Å². The van der Waals surface area contributed by atoms with Gasteiger partial charge < -0.3 is 15.5 Å². The summed E-state index contributed by atoms with van der Waals surface area (Å²) in [5.74, 6) is 1.54. The van der Waals surface area contributed by atoms with Gasteiger partial charge in [-0.25, -0.2) is 0 Å². The lowest BCUT2D eigenvalue weighted by Crippen LogP contribution is -2.51. The first-order chi connectivity index (χ1) is 8.95. The number of nitrogens with two attached hydrogens (primary N) is 1. The van der Waals surface area contributed by atoms with Crippen molar-refractivity contribution in [3.05, 3.63) is 0 Å². The maximum Gasteiger partial charge on any atom is 0.227 e. The van der Waals surface area contributed by atoms with Crippen LogP contribution in [0.2, 0.25) is 0 Å². The fourth-order valence-corrected chi connectivity index (χ4v) is 4.21.